The number of carbonyl (C=O) groups excluding carboxylic acids is 1. The second-order valence-corrected chi connectivity index (χ2v) is 8.32. The van der Waals surface area contributed by atoms with E-state index in [0.29, 0.717) is 31.9 Å². The lowest BCUT2D eigenvalue weighted by Crippen LogP contribution is -2.50. The van der Waals surface area contributed by atoms with Crippen LogP contribution in [0, 0.1) is 0 Å². The van der Waals surface area contributed by atoms with E-state index in [4.69, 9.17) is 0 Å². The standard InChI is InChI=1S/C26H22F3N5O2/c27-26(28,29)36-22-9-7-21(8-10-22)30-25(35)34-15-13-33(14-16-34)24-12-11-23(31-32-24)20-6-5-18-3-1-2-4-19(18)17-20/h1-12,17H,13-16H2,(H,30,35). The summed E-state index contributed by atoms with van der Waals surface area (Å²) in [4.78, 5) is 16.3. The van der Waals surface area contributed by atoms with Gasteiger partial charge in [0.2, 0.25) is 0 Å². The third kappa shape index (κ3) is 5.48. The number of rotatable bonds is 4. The molecule has 1 aromatic heterocycles. The van der Waals surface area contributed by atoms with Crippen LogP contribution in [0.5, 0.6) is 5.75 Å². The Labute approximate surface area is 205 Å². The van der Waals surface area contributed by atoms with Gasteiger partial charge in [0, 0.05) is 37.4 Å². The van der Waals surface area contributed by atoms with Crippen molar-refractivity contribution in [2.45, 2.75) is 6.36 Å². The number of hydrogen-bond donors (Lipinski definition) is 1. The summed E-state index contributed by atoms with van der Waals surface area (Å²) in [6.45, 7) is 2.09. The Kier molecular flexibility index (Phi) is 6.32. The van der Waals surface area contributed by atoms with E-state index in [1.165, 1.54) is 17.5 Å². The predicted octanol–water partition coefficient (Wildman–Crippen LogP) is 5.55. The van der Waals surface area contributed by atoms with Crippen LogP contribution in [0.1, 0.15) is 0 Å². The minimum atomic E-state index is -4.76. The number of urea groups is 1. The molecule has 0 saturated carbocycles. The molecule has 5 rings (SSSR count). The van der Waals surface area contributed by atoms with Crippen molar-refractivity contribution in [1.29, 1.82) is 0 Å². The molecule has 184 valence electrons. The molecule has 0 bridgehead atoms. The van der Waals surface area contributed by atoms with Gasteiger partial charge in [0.05, 0.1) is 5.69 Å². The lowest BCUT2D eigenvalue weighted by atomic mass is 10.1. The Morgan fingerprint density at radius 2 is 1.56 bits per heavy atom. The summed E-state index contributed by atoms with van der Waals surface area (Å²) in [7, 11) is 0. The van der Waals surface area contributed by atoms with Gasteiger partial charge in [-0.2, -0.15) is 0 Å². The molecular formula is C26H22F3N5O2. The fourth-order valence-corrected chi connectivity index (χ4v) is 4.08. The van der Waals surface area contributed by atoms with Crippen LogP contribution in [-0.4, -0.2) is 53.7 Å². The monoisotopic (exact) mass is 493 g/mol. The first-order valence-electron chi connectivity index (χ1n) is 11.3. The normalized spacial score (nSPS) is 14.1. The molecule has 4 aromatic rings. The second-order valence-electron chi connectivity index (χ2n) is 8.32. The molecule has 2 heterocycles. The highest BCUT2D eigenvalue weighted by molar-refractivity contribution is 5.89. The number of ether oxygens (including phenoxy) is 1. The highest BCUT2D eigenvalue weighted by Crippen LogP contribution is 2.25. The van der Waals surface area contributed by atoms with Crippen LogP contribution in [-0.2, 0) is 0 Å². The highest BCUT2D eigenvalue weighted by atomic mass is 19.4. The second kappa shape index (κ2) is 9.73. The number of aromatic nitrogens is 2. The number of benzene rings is 3. The lowest BCUT2D eigenvalue weighted by Gasteiger charge is -2.35. The number of nitrogens with zero attached hydrogens (tertiary/aromatic N) is 4. The van der Waals surface area contributed by atoms with Gasteiger partial charge >= 0.3 is 12.4 Å². The molecule has 10 heteroatoms. The maximum atomic E-state index is 12.6. The number of anilines is 2. The molecule has 1 saturated heterocycles. The Hall–Kier alpha value is -4.34. The summed E-state index contributed by atoms with van der Waals surface area (Å²) in [5.41, 5.74) is 2.16. The maximum Gasteiger partial charge on any atom is 0.573 e. The zero-order chi connectivity index (χ0) is 25.1. The molecule has 1 fully saturated rings. The smallest absolute Gasteiger partial charge is 0.406 e. The SMILES string of the molecule is O=C(Nc1ccc(OC(F)(F)F)cc1)N1CCN(c2ccc(-c3ccc4ccccc4c3)nn2)CC1. The number of alkyl halides is 3. The fourth-order valence-electron chi connectivity index (χ4n) is 4.08. The quantitative estimate of drug-likeness (QED) is 0.404. The van der Waals surface area contributed by atoms with Crippen LogP contribution in [0.2, 0.25) is 0 Å². The van der Waals surface area contributed by atoms with Crippen molar-refractivity contribution in [3.8, 4) is 17.0 Å². The van der Waals surface area contributed by atoms with Crippen LogP contribution in [0.3, 0.4) is 0 Å². The molecule has 0 radical (unpaired) electrons. The van der Waals surface area contributed by atoms with Crippen molar-refractivity contribution in [3.05, 3.63) is 78.9 Å². The van der Waals surface area contributed by atoms with Gasteiger partial charge in [-0.25, -0.2) is 4.79 Å². The van der Waals surface area contributed by atoms with Crippen molar-refractivity contribution < 1.29 is 22.7 Å². The van der Waals surface area contributed by atoms with Gasteiger partial charge in [0.15, 0.2) is 5.82 Å². The number of halogens is 3. The number of piperazine rings is 1. The predicted molar refractivity (Wildman–Crippen MR) is 131 cm³/mol. The molecule has 36 heavy (non-hydrogen) atoms. The molecule has 3 aromatic carbocycles. The Balaban J connectivity index is 1.16. The van der Waals surface area contributed by atoms with Gasteiger partial charge in [0.25, 0.3) is 0 Å². The van der Waals surface area contributed by atoms with Crippen LogP contribution in [0.4, 0.5) is 29.5 Å². The van der Waals surface area contributed by atoms with E-state index in [9.17, 15) is 18.0 Å². The zero-order valence-corrected chi connectivity index (χ0v) is 19.1. The van der Waals surface area contributed by atoms with E-state index in [1.807, 2.05) is 30.3 Å². The first-order chi connectivity index (χ1) is 17.3. The van der Waals surface area contributed by atoms with Crippen molar-refractivity contribution in [2.75, 3.05) is 36.4 Å². The molecule has 1 aliphatic heterocycles. The maximum absolute atomic E-state index is 12.6. The minimum Gasteiger partial charge on any atom is -0.406 e. The van der Waals surface area contributed by atoms with Crippen LogP contribution < -0.4 is 15.0 Å². The minimum absolute atomic E-state index is 0.322. The number of fused-ring (bicyclic) bond motifs is 1. The molecule has 2 amide bonds. The molecule has 0 unspecified atom stereocenters. The summed E-state index contributed by atoms with van der Waals surface area (Å²) >= 11 is 0. The van der Waals surface area contributed by atoms with E-state index < -0.39 is 6.36 Å². The van der Waals surface area contributed by atoms with Crippen LogP contribution in [0.15, 0.2) is 78.9 Å². The van der Waals surface area contributed by atoms with E-state index in [1.54, 1.807) is 4.90 Å². The van der Waals surface area contributed by atoms with Gasteiger partial charge in [-0.15, -0.1) is 23.4 Å². The summed E-state index contributed by atoms with van der Waals surface area (Å²) in [5.74, 6) is 0.390. The number of amides is 2. The third-order valence-electron chi connectivity index (χ3n) is 5.93. The number of carbonyl (C=O) groups is 1. The van der Waals surface area contributed by atoms with E-state index >= 15 is 0 Å². The lowest BCUT2D eigenvalue weighted by molar-refractivity contribution is -0.274. The summed E-state index contributed by atoms with van der Waals surface area (Å²) in [5, 5.41) is 13.8. The molecule has 0 atom stereocenters. The van der Waals surface area contributed by atoms with Crippen molar-refractivity contribution in [1.82, 2.24) is 15.1 Å². The highest BCUT2D eigenvalue weighted by Gasteiger charge is 2.31. The summed E-state index contributed by atoms with van der Waals surface area (Å²) in [6.07, 6.45) is -4.76. The van der Waals surface area contributed by atoms with Crippen molar-refractivity contribution >= 4 is 28.3 Å². The number of hydrogen-bond acceptors (Lipinski definition) is 5. The molecule has 7 nitrogen and oxygen atoms in total. The topological polar surface area (TPSA) is 70.6 Å². The van der Waals surface area contributed by atoms with E-state index in [0.717, 1.165) is 34.6 Å². The van der Waals surface area contributed by atoms with Crippen LogP contribution in [0.25, 0.3) is 22.0 Å². The Morgan fingerprint density at radius 1 is 0.833 bits per heavy atom. The van der Waals surface area contributed by atoms with Gasteiger partial charge in [-0.1, -0.05) is 36.4 Å². The molecule has 0 aliphatic carbocycles. The molecule has 0 spiro atoms. The first kappa shape index (κ1) is 23.4. The Bertz CT molecular complexity index is 1350. The fraction of sp³-hybridized carbons (Fsp3) is 0.192. The van der Waals surface area contributed by atoms with E-state index in [2.05, 4.69) is 49.4 Å². The molecular weight excluding hydrogens is 471 g/mol. The average Bonchev–Trinajstić information content (AvgIpc) is 2.89. The summed E-state index contributed by atoms with van der Waals surface area (Å²) < 4.78 is 40.7. The third-order valence-corrected chi connectivity index (χ3v) is 5.93. The van der Waals surface area contributed by atoms with Gasteiger partial charge < -0.3 is 19.9 Å². The van der Waals surface area contributed by atoms with Gasteiger partial charge in [-0.05, 0) is 53.2 Å². The van der Waals surface area contributed by atoms with Gasteiger partial charge in [-0.3, -0.25) is 0 Å². The van der Waals surface area contributed by atoms with Gasteiger partial charge in [0.1, 0.15) is 5.75 Å². The van der Waals surface area contributed by atoms with Crippen LogP contribution >= 0.6 is 0 Å². The number of nitrogens with one attached hydrogen (secondary N) is 1. The van der Waals surface area contributed by atoms with E-state index in [-0.39, 0.29) is 11.8 Å². The van der Waals surface area contributed by atoms with Crippen molar-refractivity contribution in [2.24, 2.45) is 0 Å². The Morgan fingerprint density at radius 3 is 2.22 bits per heavy atom. The summed E-state index contributed by atoms with van der Waals surface area (Å²) in [6, 6.07) is 22.9. The molecule has 1 N–H and O–H groups in total. The molecule has 1 aliphatic rings. The average molecular weight is 493 g/mol. The largest absolute Gasteiger partial charge is 0.573 e. The zero-order valence-electron chi connectivity index (χ0n) is 19.1. The van der Waals surface area contributed by atoms with Crippen molar-refractivity contribution in [3.63, 3.8) is 0 Å². The first-order valence-corrected chi connectivity index (χ1v) is 11.3.